The van der Waals surface area contributed by atoms with Crippen molar-refractivity contribution in [2.75, 3.05) is 19.6 Å². The number of alkyl carbamates (subject to hydrolysis) is 1. The van der Waals surface area contributed by atoms with E-state index in [-0.39, 0.29) is 11.7 Å². The van der Waals surface area contributed by atoms with Gasteiger partial charge in [-0.1, -0.05) is 30.3 Å². The van der Waals surface area contributed by atoms with Crippen LogP contribution in [0.15, 0.2) is 48.8 Å². The van der Waals surface area contributed by atoms with Gasteiger partial charge in [0, 0.05) is 37.5 Å². The molecule has 1 atom stereocenters. The topological polar surface area (TPSA) is 71.8 Å². The summed E-state index contributed by atoms with van der Waals surface area (Å²) in [5, 5.41) is 2.82. The SMILES string of the molecule is O=C1NC[C@@]2(CCCN(Cc3c(-c4ccccc4)nc4ncccn34)CC2)O1. The predicted octanol–water partition coefficient (Wildman–Crippen LogP) is 2.86. The number of hydrogen-bond donors (Lipinski definition) is 1. The molecule has 1 N–H and O–H groups in total. The van der Waals surface area contributed by atoms with Crippen molar-refractivity contribution in [1.29, 1.82) is 0 Å². The molecule has 0 radical (unpaired) electrons. The van der Waals surface area contributed by atoms with Crippen molar-refractivity contribution >= 4 is 11.9 Å². The molecule has 144 valence electrons. The summed E-state index contributed by atoms with van der Waals surface area (Å²) in [7, 11) is 0. The summed E-state index contributed by atoms with van der Waals surface area (Å²) in [5.41, 5.74) is 2.89. The number of aromatic nitrogens is 3. The highest BCUT2D eigenvalue weighted by Crippen LogP contribution is 2.31. The quantitative estimate of drug-likeness (QED) is 0.760. The van der Waals surface area contributed by atoms with Crippen LogP contribution < -0.4 is 5.32 Å². The molecule has 2 aromatic heterocycles. The molecule has 2 saturated heterocycles. The lowest BCUT2D eigenvalue weighted by molar-refractivity contribution is 0.0443. The van der Waals surface area contributed by atoms with E-state index >= 15 is 0 Å². The second-order valence-corrected chi connectivity index (χ2v) is 7.62. The fourth-order valence-corrected chi connectivity index (χ4v) is 4.29. The zero-order valence-corrected chi connectivity index (χ0v) is 15.7. The van der Waals surface area contributed by atoms with Gasteiger partial charge in [0.2, 0.25) is 5.78 Å². The third-order valence-electron chi connectivity index (χ3n) is 5.78. The third-order valence-corrected chi connectivity index (χ3v) is 5.78. The first-order valence-electron chi connectivity index (χ1n) is 9.79. The Labute approximate surface area is 163 Å². The molecule has 1 aromatic carbocycles. The number of imidazole rings is 1. The first kappa shape index (κ1) is 17.2. The normalized spacial score (nSPS) is 22.9. The number of likely N-dealkylation sites (tertiary alicyclic amines) is 1. The average Bonchev–Trinajstić information content (AvgIpc) is 3.20. The first-order chi connectivity index (χ1) is 13.7. The summed E-state index contributed by atoms with van der Waals surface area (Å²) in [6.07, 6.45) is 6.28. The van der Waals surface area contributed by atoms with Gasteiger partial charge in [-0.3, -0.25) is 9.30 Å². The van der Waals surface area contributed by atoms with E-state index in [2.05, 4.69) is 31.7 Å². The standard InChI is InChI=1S/C21H23N5O2/c27-20-23-15-21(28-20)8-4-11-25(13-9-21)14-17-18(16-6-2-1-3-7-16)24-19-22-10-5-12-26(17)19/h1-3,5-7,10,12H,4,8-9,11,13-15H2,(H,23,27)/t21-/m0/s1. The zero-order valence-electron chi connectivity index (χ0n) is 15.7. The summed E-state index contributed by atoms with van der Waals surface area (Å²) in [6, 6.07) is 12.2. The van der Waals surface area contributed by atoms with E-state index in [1.54, 1.807) is 6.20 Å². The molecule has 2 aliphatic rings. The summed E-state index contributed by atoms with van der Waals surface area (Å²) in [6.45, 7) is 3.26. The molecule has 2 aliphatic heterocycles. The minimum Gasteiger partial charge on any atom is -0.441 e. The monoisotopic (exact) mass is 377 g/mol. The number of amides is 1. The molecule has 0 bridgehead atoms. The van der Waals surface area contributed by atoms with Gasteiger partial charge in [-0.05, 0) is 25.5 Å². The minimum atomic E-state index is -0.338. The second-order valence-electron chi connectivity index (χ2n) is 7.62. The van der Waals surface area contributed by atoms with Crippen LogP contribution in [-0.2, 0) is 11.3 Å². The summed E-state index contributed by atoms with van der Waals surface area (Å²) >= 11 is 0. The molecule has 2 fully saturated rings. The number of hydrogen-bond acceptors (Lipinski definition) is 5. The summed E-state index contributed by atoms with van der Waals surface area (Å²) in [5.74, 6) is 0.719. The largest absolute Gasteiger partial charge is 0.441 e. The molecule has 4 heterocycles. The van der Waals surface area contributed by atoms with Gasteiger partial charge >= 0.3 is 6.09 Å². The van der Waals surface area contributed by atoms with E-state index in [0.717, 1.165) is 61.6 Å². The van der Waals surface area contributed by atoms with Gasteiger partial charge in [0.25, 0.3) is 0 Å². The van der Waals surface area contributed by atoms with Crippen LogP contribution in [0.25, 0.3) is 17.0 Å². The van der Waals surface area contributed by atoms with Crippen LogP contribution in [0.3, 0.4) is 0 Å². The van der Waals surface area contributed by atoms with Crippen LogP contribution >= 0.6 is 0 Å². The lowest BCUT2D eigenvalue weighted by Crippen LogP contribution is -2.34. The number of carbonyl (C=O) groups is 1. The molecule has 0 unspecified atom stereocenters. The van der Waals surface area contributed by atoms with Crippen molar-refractivity contribution in [1.82, 2.24) is 24.6 Å². The van der Waals surface area contributed by atoms with Gasteiger partial charge in [-0.25, -0.2) is 14.8 Å². The Bertz CT molecular complexity index is 1000. The second kappa shape index (κ2) is 6.91. The Morgan fingerprint density at radius 2 is 2.04 bits per heavy atom. The number of rotatable bonds is 3. The Morgan fingerprint density at radius 1 is 1.14 bits per heavy atom. The molecule has 28 heavy (non-hydrogen) atoms. The van der Waals surface area contributed by atoms with Crippen LogP contribution in [0.4, 0.5) is 4.79 Å². The van der Waals surface area contributed by atoms with Crippen molar-refractivity contribution in [2.24, 2.45) is 0 Å². The lowest BCUT2D eigenvalue weighted by Gasteiger charge is -2.25. The van der Waals surface area contributed by atoms with E-state index in [4.69, 9.17) is 9.72 Å². The van der Waals surface area contributed by atoms with Gasteiger partial charge in [-0.15, -0.1) is 0 Å². The molecule has 0 aliphatic carbocycles. The van der Waals surface area contributed by atoms with E-state index in [1.807, 2.05) is 30.5 Å². The van der Waals surface area contributed by atoms with Crippen LogP contribution in [0.5, 0.6) is 0 Å². The van der Waals surface area contributed by atoms with Crippen LogP contribution in [0, 0.1) is 0 Å². The van der Waals surface area contributed by atoms with Crippen molar-refractivity contribution in [3.63, 3.8) is 0 Å². The third kappa shape index (κ3) is 3.11. The summed E-state index contributed by atoms with van der Waals surface area (Å²) in [4.78, 5) is 23.2. The van der Waals surface area contributed by atoms with E-state index in [0.29, 0.717) is 6.54 Å². The van der Waals surface area contributed by atoms with Crippen LogP contribution in [0.2, 0.25) is 0 Å². The highest BCUT2D eigenvalue weighted by Gasteiger charge is 2.41. The average molecular weight is 377 g/mol. The first-order valence-corrected chi connectivity index (χ1v) is 9.79. The van der Waals surface area contributed by atoms with Gasteiger partial charge < -0.3 is 10.1 Å². The van der Waals surface area contributed by atoms with Gasteiger partial charge in [-0.2, -0.15) is 0 Å². The molecule has 0 saturated carbocycles. The number of ether oxygens (including phenoxy) is 1. The molecule has 1 spiro atoms. The molecule has 5 rings (SSSR count). The molecule has 3 aromatic rings. The number of carbonyl (C=O) groups excluding carboxylic acids is 1. The maximum absolute atomic E-state index is 11.5. The van der Waals surface area contributed by atoms with Crippen molar-refractivity contribution in [2.45, 2.75) is 31.4 Å². The van der Waals surface area contributed by atoms with Gasteiger partial charge in [0.1, 0.15) is 5.60 Å². The Kier molecular flexibility index (Phi) is 4.24. The maximum Gasteiger partial charge on any atom is 0.407 e. The number of nitrogens with one attached hydrogen (secondary N) is 1. The Balaban J connectivity index is 1.44. The van der Waals surface area contributed by atoms with E-state index in [1.165, 1.54) is 0 Å². The molecule has 1 amide bonds. The van der Waals surface area contributed by atoms with Crippen molar-refractivity contribution < 1.29 is 9.53 Å². The van der Waals surface area contributed by atoms with E-state index in [9.17, 15) is 4.79 Å². The molecular formula is C21H23N5O2. The zero-order chi connectivity index (χ0) is 19.0. The Hall–Kier alpha value is -2.93. The van der Waals surface area contributed by atoms with Gasteiger partial charge in [0.05, 0.1) is 17.9 Å². The summed E-state index contributed by atoms with van der Waals surface area (Å²) < 4.78 is 7.70. The number of benzene rings is 1. The van der Waals surface area contributed by atoms with Crippen LogP contribution in [0.1, 0.15) is 25.0 Å². The predicted molar refractivity (Wildman–Crippen MR) is 105 cm³/mol. The highest BCUT2D eigenvalue weighted by atomic mass is 16.6. The Morgan fingerprint density at radius 3 is 2.86 bits per heavy atom. The number of fused-ring (bicyclic) bond motifs is 1. The smallest absolute Gasteiger partial charge is 0.407 e. The minimum absolute atomic E-state index is 0.285. The van der Waals surface area contributed by atoms with Gasteiger partial charge in [0.15, 0.2) is 0 Å². The molecule has 7 heteroatoms. The van der Waals surface area contributed by atoms with Crippen molar-refractivity contribution in [3.8, 4) is 11.3 Å². The lowest BCUT2D eigenvalue weighted by atomic mass is 9.95. The fourth-order valence-electron chi connectivity index (χ4n) is 4.29. The number of nitrogens with zero attached hydrogens (tertiary/aromatic N) is 4. The molecule has 7 nitrogen and oxygen atoms in total. The van der Waals surface area contributed by atoms with Crippen molar-refractivity contribution in [3.05, 3.63) is 54.5 Å². The maximum atomic E-state index is 11.5. The van der Waals surface area contributed by atoms with E-state index < -0.39 is 0 Å². The fraction of sp³-hybridized carbons (Fsp3) is 0.381. The van der Waals surface area contributed by atoms with Crippen LogP contribution in [-0.4, -0.2) is 50.6 Å². The molecular weight excluding hydrogens is 354 g/mol. The highest BCUT2D eigenvalue weighted by molar-refractivity contribution is 5.70.